The molecule has 0 radical (unpaired) electrons. The molecule has 9 heteroatoms. The van der Waals surface area contributed by atoms with E-state index in [-0.39, 0.29) is 18.4 Å². The average molecular weight is 329 g/mol. The predicted molar refractivity (Wildman–Crippen MR) is 77.3 cm³/mol. The molecule has 0 fully saturated rings. The van der Waals surface area contributed by atoms with E-state index in [0.717, 1.165) is 5.56 Å². The molecule has 128 valence electrons. The van der Waals surface area contributed by atoms with E-state index in [1.807, 2.05) is 30.3 Å². The van der Waals surface area contributed by atoms with E-state index in [0.29, 0.717) is 0 Å². The quantitative estimate of drug-likeness (QED) is 0.416. The first-order valence-corrected chi connectivity index (χ1v) is 6.39. The molecular weight excluding hydrogens is 310 g/mol. The fourth-order valence-electron chi connectivity index (χ4n) is 1.35. The second kappa shape index (κ2) is 10.3. The van der Waals surface area contributed by atoms with E-state index >= 15 is 0 Å². The van der Waals surface area contributed by atoms with Crippen LogP contribution in [0.25, 0.3) is 0 Å². The summed E-state index contributed by atoms with van der Waals surface area (Å²) in [4.78, 5) is 30.4. The molecule has 3 unspecified atom stereocenters. The zero-order chi connectivity index (χ0) is 18.0. The van der Waals surface area contributed by atoms with Gasteiger partial charge in [-0.2, -0.15) is 0 Å². The van der Waals surface area contributed by atoms with E-state index in [1.165, 1.54) is 7.11 Å². The number of hydrogen-bond donors (Lipinski definition) is 5. The molecule has 0 aromatic heterocycles. The van der Waals surface area contributed by atoms with Crippen LogP contribution in [0.15, 0.2) is 30.3 Å². The van der Waals surface area contributed by atoms with Crippen molar-refractivity contribution in [3.8, 4) is 0 Å². The Morgan fingerprint density at radius 2 is 1.48 bits per heavy atom. The maximum absolute atomic E-state index is 10.9. The van der Waals surface area contributed by atoms with Gasteiger partial charge in [-0.25, -0.2) is 9.59 Å². The molecule has 0 amide bonds. The van der Waals surface area contributed by atoms with Crippen LogP contribution in [0.1, 0.15) is 18.0 Å². The number of hydrogen-bond acceptors (Lipinski definition) is 7. The number of methoxy groups -OCH3 is 1. The molecule has 0 saturated heterocycles. The first kappa shape index (κ1) is 20.5. The number of aliphatic hydroxyl groups is 2. The maximum atomic E-state index is 10.9. The number of carboxylic acids is 2. The van der Waals surface area contributed by atoms with E-state index in [4.69, 9.17) is 26.2 Å². The zero-order valence-electron chi connectivity index (χ0n) is 12.3. The summed E-state index contributed by atoms with van der Waals surface area (Å²) in [5.74, 6) is -3.82. The first-order chi connectivity index (χ1) is 10.7. The van der Waals surface area contributed by atoms with Gasteiger partial charge in [0.25, 0.3) is 0 Å². The van der Waals surface area contributed by atoms with Crippen molar-refractivity contribution in [3.05, 3.63) is 35.9 Å². The Morgan fingerprint density at radius 3 is 1.83 bits per heavy atom. The molecule has 3 atom stereocenters. The minimum atomic E-state index is -2.27. The number of ether oxygens (including phenoxy) is 1. The first-order valence-electron chi connectivity index (χ1n) is 6.39. The second-order valence-electron chi connectivity index (χ2n) is 4.36. The standard InChI is InChI=1S/C10H13NO2.C4H6O6/c1-13-10(12)7-9(11)8-5-3-2-4-6-8;5-1(3(7)8)2(6)4(9)10/h2-6,9H,7,11H2,1H3;1-2,5-6H,(H,7,8)(H,9,10). The summed E-state index contributed by atoms with van der Waals surface area (Å²) in [6, 6.07) is 9.22. The number of carbonyl (C=O) groups excluding carboxylic acids is 1. The van der Waals surface area contributed by atoms with Crippen molar-refractivity contribution in [1.29, 1.82) is 0 Å². The van der Waals surface area contributed by atoms with Gasteiger partial charge in [0, 0.05) is 6.04 Å². The molecule has 1 aromatic rings. The zero-order valence-corrected chi connectivity index (χ0v) is 12.3. The fraction of sp³-hybridized carbons (Fsp3) is 0.357. The van der Waals surface area contributed by atoms with E-state index in [9.17, 15) is 14.4 Å². The third-order valence-electron chi connectivity index (χ3n) is 2.65. The SMILES string of the molecule is COC(=O)CC(N)c1ccccc1.O=C(O)C(O)C(O)C(=O)O. The Bertz CT molecular complexity index is 501. The Hall–Kier alpha value is -2.49. The Labute approximate surface area is 131 Å². The summed E-state index contributed by atoms with van der Waals surface area (Å²) in [5, 5.41) is 32.5. The highest BCUT2D eigenvalue weighted by Crippen LogP contribution is 2.13. The Kier molecular flexibility index (Phi) is 9.16. The van der Waals surface area contributed by atoms with Gasteiger partial charge in [-0.3, -0.25) is 4.79 Å². The lowest BCUT2D eigenvalue weighted by Crippen LogP contribution is -2.39. The van der Waals surface area contributed by atoms with Crippen molar-refractivity contribution in [2.75, 3.05) is 7.11 Å². The molecule has 0 bridgehead atoms. The average Bonchev–Trinajstić information content (AvgIpc) is 2.54. The van der Waals surface area contributed by atoms with Crippen molar-refractivity contribution in [2.45, 2.75) is 24.7 Å². The molecule has 1 rings (SSSR count). The van der Waals surface area contributed by atoms with Crippen LogP contribution in [0.3, 0.4) is 0 Å². The summed E-state index contributed by atoms with van der Waals surface area (Å²) in [6.45, 7) is 0. The Balaban J connectivity index is 0.000000438. The molecule has 0 aliphatic rings. The van der Waals surface area contributed by atoms with Crippen molar-refractivity contribution < 1.29 is 39.5 Å². The van der Waals surface area contributed by atoms with Crippen LogP contribution in [0, 0.1) is 0 Å². The number of esters is 1. The van der Waals surface area contributed by atoms with Gasteiger partial charge in [0.2, 0.25) is 0 Å². The fourth-order valence-corrected chi connectivity index (χ4v) is 1.35. The highest BCUT2D eigenvalue weighted by Gasteiger charge is 2.29. The third-order valence-corrected chi connectivity index (χ3v) is 2.65. The number of nitrogens with two attached hydrogens (primary N) is 1. The molecule has 23 heavy (non-hydrogen) atoms. The van der Waals surface area contributed by atoms with Crippen molar-refractivity contribution in [2.24, 2.45) is 5.73 Å². The van der Waals surface area contributed by atoms with Crippen LogP contribution in [0.4, 0.5) is 0 Å². The summed E-state index contributed by atoms with van der Waals surface area (Å²) < 4.78 is 4.52. The summed E-state index contributed by atoms with van der Waals surface area (Å²) in [5.41, 5.74) is 6.72. The van der Waals surface area contributed by atoms with E-state index in [1.54, 1.807) is 0 Å². The normalized spacial score (nSPS) is 13.7. The molecule has 6 N–H and O–H groups in total. The molecule has 1 aromatic carbocycles. The van der Waals surface area contributed by atoms with Gasteiger partial charge >= 0.3 is 17.9 Å². The van der Waals surface area contributed by atoms with Gasteiger partial charge < -0.3 is 30.9 Å². The van der Waals surface area contributed by atoms with Gasteiger partial charge in [-0.15, -0.1) is 0 Å². The molecule has 0 aliphatic carbocycles. The molecule has 0 spiro atoms. The maximum Gasteiger partial charge on any atom is 0.335 e. The minimum absolute atomic E-state index is 0.223. The van der Waals surface area contributed by atoms with E-state index < -0.39 is 24.1 Å². The lowest BCUT2D eigenvalue weighted by molar-refractivity contribution is -0.165. The van der Waals surface area contributed by atoms with Gasteiger partial charge in [-0.05, 0) is 5.56 Å². The number of carbonyl (C=O) groups is 3. The number of carboxylic acid groups (broad SMARTS) is 2. The number of aliphatic hydroxyl groups excluding tert-OH is 2. The lowest BCUT2D eigenvalue weighted by Gasteiger charge is -2.09. The van der Waals surface area contributed by atoms with Gasteiger partial charge in [0.1, 0.15) is 0 Å². The smallest absolute Gasteiger partial charge is 0.335 e. The molecule has 9 nitrogen and oxygen atoms in total. The Morgan fingerprint density at radius 1 is 1.04 bits per heavy atom. The van der Waals surface area contributed by atoms with Crippen LogP contribution >= 0.6 is 0 Å². The van der Waals surface area contributed by atoms with Gasteiger partial charge in [-0.1, -0.05) is 30.3 Å². The largest absolute Gasteiger partial charge is 0.479 e. The number of aliphatic carboxylic acids is 2. The van der Waals surface area contributed by atoms with Crippen molar-refractivity contribution in [3.63, 3.8) is 0 Å². The lowest BCUT2D eigenvalue weighted by atomic mass is 10.1. The predicted octanol–water partition coefficient (Wildman–Crippen LogP) is -0.873. The van der Waals surface area contributed by atoms with Gasteiger partial charge in [0.15, 0.2) is 12.2 Å². The molecule has 0 saturated carbocycles. The number of benzene rings is 1. The second-order valence-corrected chi connectivity index (χ2v) is 4.36. The topological polar surface area (TPSA) is 167 Å². The van der Waals surface area contributed by atoms with E-state index in [2.05, 4.69) is 4.74 Å². The monoisotopic (exact) mass is 329 g/mol. The van der Waals surface area contributed by atoms with Gasteiger partial charge in [0.05, 0.1) is 13.5 Å². The summed E-state index contributed by atoms with van der Waals surface area (Å²) >= 11 is 0. The van der Waals surface area contributed by atoms with Crippen molar-refractivity contribution >= 4 is 17.9 Å². The summed E-state index contributed by atoms with van der Waals surface area (Å²) in [6.07, 6.45) is -4.31. The minimum Gasteiger partial charge on any atom is -0.479 e. The summed E-state index contributed by atoms with van der Waals surface area (Å²) in [7, 11) is 1.36. The van der Waals surface area contributed by atoms with Crippen LogP contribution in [0.5, 0.6) is 0 Å². The van der Waals surface area contributed by atoms with Crippen LogP contribution in [-0.4, -0.2) is 57.7 Å². The highest BCUT2D eigenvalue weighted by molar-refractivity contribution is 5.83. The van der Waals surface area contributed by atoms with Crippen LogP contribution in [0.2, 0.25) is 0 Å². The highest BCUT2D eigenvalue weighted by atomic mass is 16.5. The number of rotatable bonds is 6. The third kappa shape index (κ3) is 7.90. The molecule has 0 aliphatic heterocycles. The molecular formula is C14H19NO8. The molecule has 0 heterocycles. The van der Waals surface area contributed by atoms with Crippen molar-refractivity contribution in [1.82, 2.24) is 0 Å². The van der Waals surface area contributed by atoms with Crippen LogP contribution in [-0.2, 0) is 19.1 Å². The van der Waals surface area contributed by atoms with Crippen LogP contribution < -0.4 is 5.73 Å².